The summed E-state index contributed by atoms with van der Waals surface area (Å²) < 4.78 is 18.3. The van der Waals surface area contributed by atoms with E-state index in [4.69, 9.17) is 9.84 Å². The van der Waals surface area contributed by atoms with E-state index < -0.39 is 11.8 Å². The molecular formula is C17H19FN2O3. The van der Waals surface area contributed by atoms with E-state index in [1.54, 1.807) is 0 Å². The van der Waals surface area contributed by atoms with Gasteiger partial charge in [-0.05, 0) is 23.6 Å². The summed E-state index contributed by atoms with van der Waals surface area (Å²) in [5, 5.41) is 14.2. The van der Waals surface area contributed by atoms with E-state index in [-0.39, 0.29) is 6.61 Å². The van der Waals surface area contributed by atoms with E-state index in [0.717, 1.165) is 11.1 Å². The summed E-state index contributed by atoms with van der Waals surface area (Å²) >= 11 is 0. The van der Waals surface area contributed by atoms with Gasteiger partial charge in [0, 0.05) is 24.4 Å². The first kappa shape index (κ1) is 16.8. The average molecular weight is 318 g/mol. The van der Waals surface area contributed by atoms with Crippen LogP contribution in [0.2, 0.25) is 0 Å². The summed E-state index contributed by atoms with van der Waals surface area (Å²) in [6.45, 7) is 0.453. The highest BCUT2D eigenvalue weighted by Gasteiger charge is 2.05. The first-order valence-corrected chi connectivity index (χ1v) is 7.19. The van der Waals surface area contributed by atoms with Crippen LogP contribution in [0.3, 0.4) is 0 Å². The third kappa shape index (κ3) is 5.27. The second kappa shape index (κ2) is 8.14. The van der Waals surface area contributed by atoms with Crippen LogP contribution in [0, 0.1) is 5.82 Å². The number of halogens is 1. The van der Waals surface area contributed by atoms with Gasteiger partial charge in [0.15, 0.2) is 0 Å². The number of rotatable bonds is 6. The molecule has 0 atom stereocenters. The lowest BCUT2D eigenvalue weighted by molar-refractivity contribution is 0.252. The number of nitrogens with one attached hydrogen (secondary N) is 2. The molecule has 0 spiro atoms. The number of urea groups is 1. The van der Waals surface area contributed by atoms with E-state index in [1.807, 2.05) is 24.3 Å². The fraction of sp³-hybridized carbons (Fsp3) is 0.235. The van der Waals surface area contributed by atoms with Crippen molar-refractivity contribution in [2.75, 3.05) is 19.0 Å². The van der Waals surface area contributed by atoms with Crippen molar-refractivity contribution in [2.45, 2.75) is 13.0 Å². The molecule has 23 heavy (non-hydrogen) atoms. The highest BCUT2D eigenvalue weighted by molar-refractivity contribution is 5.89. The molecule has 0 heterocycles. The monoisotopic (exact) mass is 318 g/mol. The molecule has 2 aromatic carbocycles. The van der Waals surface area contributed by atoms with Crippen LogP contribution in [0.4, 0.5) is 14.9 Å². The first-order chi connectivity index (χ1) is 11.1. The van der Waals surface area contributed by atoms with Crippen molar-refractivity contribution in [2.24, 2.45) is 0 Å². The Bertz CT molecular complexity index is 659. The number of amides is 2. The summed E-state index contributed by atoms with van der Waals surface area (Å²) in [4.78, 5) is 11.8. The third-order valence-corrected chi connectivity index (χ3v) is 3.27. The van der Waals surface area contributed by atoms with Gasteiger partial charge < -0.3 is 20.5 Å². The SMILES string of the molecule is COc1cc(F)cc(NC(=O)NCCc2ccc(CO)cc2)c1. The van der Waals surface area contributed by atoms with Crippen LogP contribution in [0.5, 0.6) is 5.75 Å². The van der Waals surface area contributed by atoms with Crippen LogP contribution in [-0.2, 0) is 13.0 Å². The van der Waals surface area contributed by atoms with Crippen molar-refractivity contribution < 1.29 is 19.0 Å². The van der Waals surface area contributed by atoms with Gasteiger partial charge >= 0.3 is 6.03 Å². The molecule has 122 valence electrons. The van der Waals surface area contributed by atoms with Crippen LogP contribution in [-0.4, -0.2) is 24.8 Å². The van der Waals surface area contributed by atoms with E-state index in [2.05, 4.69) is 10.6 Å². The maximum atomic E-state index is 13.3. The fourth-order valence-corrected chi connectivity index (χ4v) is 2.06. The van der Waals surface area contributed by atoms with E-state index in [1.165, 1.54) is 25.3 Å². The number of hydrogen-bond donors (Lipinski definition) is 3. The lowest BCUT2D eigenvalue weighted by atomic mass is 10.1. The van der Waals surface area contributed by atoms with Crippen molar-refractivity contribution >= 4 is 11.7 Å². The number of carbonyl (C=O) groups excluding carboxylic acids is 1. The number of ether oxygens (including phenoxy) is 1. The number of carbonyl (C=O) groups is 1. The molecule has 0 bridgehead atoms. The van der Waals surface area contributed by atoms with Gasteiger partial charge in [-0.25, -0.2) is 9.18 Å². The molecule has 0 saturated heterocycles. The van der Waals surface area contributed by atoms with E-state index in [0.29, 0.717) is 24.4 Å². The normalized spacial score (nSPS) is 10.2. The molecule has 0 aliphatic carbocycles. The number of benzene rings is 2. The Labute approximate surface area is 134 Å². The van der Waals surface area contributed by atoms with Gasteiger partial charge in [-0.3, -0.25) is 0 Å². The fourth-order valence-electron chi connectivity index (χ4n) is 2.06. The maximum absolute atomic E-state index is 13.3. The van der Waals surface area contributed by atoms with Gasteiger partial charge in [0.1, 0.15) is 11.6 Å². The molecule has 0 radical (unpaired) electrons. The average Bonchev–Trinajstić information content (AvgIpc) is 2.54. The molecule has 0 aliphatic heterocycles. The Morgan fingerprint density at radius 2 is 1.87 bits per heavy atom. The predicted molar refractivity (Wildman–Crippen MR) is 86.0 cm³/mol. The zero-order chi connectivity index (χ0) is 16.7. The number of hydrogen-bond acceptors (Lipinski definition) is 3. The Balaban J connectivity index is 1.81. The minimum absolute atomic E-state index is 0.0119. The second-order valence-corrected chi connectivity index (χ2v) is 4.99. The van der Waals surface area contributed by atoms with E-state index in [9.17, 15) is 9.18 Å². The lowest BCUT2D eigenvalue weighted by Gasteiger charge is -2.09. The largest absolute Gasteiger partial charge is 0.497 e. The molecule has 0 saturated carbocycles. The van der Waals surface area contributed by atoms with Crippen LogP contribution in [0.25, 0.3) is 0 Å². The van der Waals surface area contributed by atoms with Crippen LogP contribution in [0.1, 0.15) is 11.1 Å². The molecule has 0 fully saturated rings. The summed E-state index contributed by atoms with van der Waals surface area (Å²) in [7, 11) is 1.43. The standard InChI is InChI=1S/C17H19FN2O3/c1-23-16-9-14(18)8-15(10-16)20-17(22)19-7-6-12-2-4-13(11-21)5-3-12/h2-5,8-10,21H,6-7,11H2,1H3,(H2,19,20,22). The highest BCUT2D eigenvalue weighted by Crippen LogP contribution is 2.19. The second-order valence-electron chi connectivity index (χ2n) is 4.99. The molecule has 3 N–H and O–H groups in total. The van der Waals surface area contributed by atoms with E-state index >= 15 is 0 Å². The van der Waals surface area contributed by atoms with Gasteiger partial charge in [0.2, 0.25) is 0 Å². The Hall–Kier alpha value is -2.60. The lowest BCUT2D eigenvalue weighted by Crippen LogP contribution is -2.30. The van der Waals surface area contributed by atoms with Crippen LogP contribution in [0.15, 0.2) is 42.5 Å². The zero-order valence-corrected chi connectivity index (χ0v) is 12.8. The van der Waals surface area contributed by atoms with Crippen molar-refractivity contribution in [1.82, 2.24) is 5.32 Å². The molecule has 0 aliphatic rings. The van der Waals surface area contributed by atoms with Crippen molar-refractivity contribution in [3.8, 4) is 5.75 Å². The smallest absolute Gasteiger partial charge is 0.319 e. The minimum Gasteiger partial charge on any atom is -0.497 e. The summed E-state index contributed by atoms with van der Waals surface area (Å²) in [5.74, 6) is -0.145. The number of anilines is 1. The summed E-state index contributed by atoms with van der Waals surface area (Å²) in [6, 6.07) is 11.1. The molecule has 6 heteroatoms. The molecule has 5 nitrogen and oxygen atoms in total. The van der Waals surface area contributed by atoms with Crippen LogP contribution >= 0.6 is 0 Å². The highest BCUT2D eigenvalue weighted by atomic mass is 19.1. The molecular weight excluding hydrogens is 299 g/mol. The molecule has 0 aromatic heterocycles. The number of aliphatic hydroxyl groups is 1. The quantitative estimate of drug-likeness (QED) is 0.767. The molecule has 2 aromatic rings. The van der Waals surface area contributed by atoms with Crippen LogP contribution < -0.4 is 15.4 Å². The van der Waals surface area contributed by atoms with Crippen molar-refractivity contribution in [3.63, 3.8) is 0 Å². The third-order valence-electron chi connectivity index (χ3n) is 3.27. The number of methoxy groups -OCH3 is 1. The summed E-state index contributed by atoms with van der Waals surface area (Å²) in [6.07, 6.45) is 0.658. The number of aliphatic hydroxyl groups excluding tert-OH is 1. The van der Waals surface area contributed by atoms with Gasteiger partial charge in [0.05, 0.1) is 13.7 Å². The van der Waals surface area contributed by atoms with Gasteiger partial charge in [-0.1, -0.05) is 24.3 Å². The van der Waals surface area contributed by atoms with Gasteiger partial charge in [0.25, 0.3) is 0 Å². The molecule has 0 unspecified atom stereocenters. The van der Waals surface area contributed by atoms with Crippen molar-refractivity contribution in [3.05, 3.63) is 59.4 Å². The topological polar surface area (TPSA) is 70.6 Å². The van der Waals surface area contributed by atoms with Crippen molar-refractivity contribution in [1.29, 1.82) is 0 Å². The predicted octanol–water partition coefficient (Wildman–Crippen LogP) is 2.69. The Morgan fingerprint density at radius 1 is 1.17 bits per heavy atom. The molecule has 2 rings (SSSR count). The van der Waals surface area contributed by atoms with Gasteiger partial charge in [-0.15, -0.1) is 0 Å². The minimum atomic E-state index is -0.483. The first-order valence-electron chi connectivity index (χ1n) is 7.19. The Kier molecular flexibility index (Phi) is 5.94. The zero-order valence-electron chi connectivity index (χ0n) is 12.8. The maximum Gasteiger partial charge on any atom is 0.319 e. The Morgan fingerprint density at radius 3 is 2.52 bits per heavy atom. The summed E-state index contributed by atoms with van der Waals surface area (Å²) in [5.41, 5.74) is 2.22. The molecule has 2 amide bonds. The van der Waals surface area contributed by atoms with Gasteiger partial charge in [-0.2, -0.15) is 0 Å².